The lowest BCUT2D eigenvalue weighted by Crippen LogP contribution is -2.15. The number of rotatable bonds is 6. The summed E-state index contributed by atoms with van der Waals surface area (Å²) in [6.07, 6.45) is 0. The van der Waals surface area contributed by atoms with Gasteiger partial charge in [0.2, 0.25) is 0 Å². The van der Waals surface area contributed by atoms with Crippen LogP contribution < -0.4 is 9.47 Å². The van der Waals surface area contributed by atoms with E-state index in [1.54, 1.807) is 31.4 Å². The minimum atomic E-state index is -0.616. The lowest BCUT2D eigenvalue weighted by atomic mass is 10.2. The summed E-state index contributed by atoms with van der Waals surface area (Å²) in [5, 5.41) is 0.212. The fourth-order valence-electron chi connectivity index (χ4n) is 1.68. The number of carbonyl (C=O) groups excluding carboxylic acids is 1. The van der Waals surface area contributed by atoms with Crippen molar-refractivity contribution in [3.63, 3.8) is 0 Å². The van der Waals surface area contributed by atoms with E-state index in [2.05, 4.69) is 0 Å². The first kappa shape index (κ1) is 16.1. The van der Waals surface area contributed by atoms with Crippen molar-refractivity contribution < 1.29 is 23.4 Å². The summed E-state index contributed by atoms with van der Waals surface area (Å²) in [5.41, 5.74) is 0.141. The van der Waals surface area contributed by atoms with Crippen molar-refractivity contribution >= 4 is 17.6 Å². The highest BCUT2D eigenvalue weighted by molar-refractivity contribution is 6.31. The van der Waals surface area contributed by atoms with E-state index in [-0.39, 0.29) is 23.8 Å². The van der Waals surface area contributed by atoms with E-state index in [1.165, 1.54) is 18.2 Å². The van der Waals surface area contributed by atoms with Crippen molar-refractivity contribution in [3.05, 3.63) is 58.9 Å². The molecule has 0 aliphatic rings. The molecule has 6 heteroatoms. The molecule has 0 spiro atoms. The molecule has 2 aromatic rings. The third-order valence-corrected chi connectivity index (χ3v) is 3.21. The molecule has 22 heavy (non-hydrogen) atoms. The van der Waals surface area contributed by atoms with Gasteiger partial charge >= 0.3 is 5.97 Å². The van der Waals surface area contributed by atoms with Crippen LogP contribution in [0.25, 0.3) is 0 Å². The van der Waals surface area contributed by atoms with E-state index >= 15 is 0 Å². The standard InChI is InChI=1S/C16H14ClFO4/c1-20-11-5-7-12(8-6-11)21-10-16(19)22-9-13-14(17)3-2-4-15(13)18/h2-8H,9-10H2,1H3. The summed E-state index contributed by atoms with van der Waals surface area (Å²) in [5.74, 6) is 0.0531. The first-order valence-electron chi connectivity index (χ1n) is 6.45. The van der Waals surface area contributed by atoms with Crippen LogP contribution in [0.1, 0.15) is 5.56 Å². The van der Waals surface area contributed by atoms with Crippen LogP contribution in [-0.2, 0) is 16.1 Å². The molecule has 2 aromatic carbocycles. The summed E-state index contributed by atoms with van der Waals surface area (Å²) in [6, 6.07) is 11.0. The predicted molar refractivity (Wildman–Crippen MR) is 79.7 cm³/mol. The van der Waals surface area contributed by atoms with E-state index < -0.39 is 11.8 Å². The van der Waals surface area contributed by atoms with Gasteiger partial charge in [-0.3, -0.25) is 0 Å². The van der Waals surface area contributed by atoms with Crippen LogP contribution in [0.5, 0.6) is 11.5 Å². The average Bonchev–Trinajstić information content (AvgIpc) is 2.53. The quantitative estimate of drug-likeness (QED) is 0.761. The van der Waals surface area contributed by atoms with E-state index in [9.17, 15) is 9.18 Å². The van der Waals surface area contributed by atoms with Crippen LogP contribution in [0.4, 0.5) is 4.39 Å². The SMILES string of the molecule is COc1ccc(OCC(=O)OCc2c(F)cccc2Cl)cc1. The van der Waals surface area contributed by atoms with Gasteiger partial charge in [0.05, 0.1) is 12.1 Å². The molecule has 0 radical (unpaired) electrons. The van der Waals surface area contributed by atoms with Gasteiger partial charge in [-0.15, -0.1) is 0 Å². The second-order valence-corrected chi connectivity index (χ2v) is 4.73. The van der Waals surface area contributed by atoms with Gasteiger partial charge in [-0.05, 0) is 36.4 Å². The van der Waals surface area contributed by atoms with Gasteiger partial charge in [0.25, 0.3) is 0 Å². The number of carbonyl (C=O) groups is 1. The molecular weight excluding hydrogens is 311 g/mol. The molecule has 0 unspecified atom stereocenters. The molecule has 2 rings (SSSR count). The van der Waals surface area contributed by atoms with Crippen molar-refractivity contribution in [1.82, 2.24) is 0 Å². The number of esters is 1. The summed E-state index contributed by atoms with van der Waals surface area (Å²) < 4.78 is 28.7. The summed E-state index contributed by atoms with van der Waals surface area (Å²) in [4.78, 5) is 11.6. The Balaban J connectivity index is 1.83. The zero-order chi connectivity index (χ0) is 15.9. The number of halogens is 2. The van der Waals surface area contributed by atoms with E-state index in [1.807, 2.05) is 0 Å². The van der Waals surface area contributed by atoms with Crippen molar-refractivity contribution in [2.45, 2.75) is 6.61 Å². The average molecular weight is 325 g/mol. The van der Waals surface area contributed by atoms with Crippen LogP contribution in [0, 0.1) is 5.82 Å². The normalized spacial score (nSPS) is 10.1. The Morgan fingerprint density at radius 3 is 2.45 bits per heavy atom. The summed E-state index contributed by atoms with van der Waals surface area (Å²) in [6.45, 7) is -0.519. The highest BCUT2D eigenvalue weighted by Gasteiger charge is 2.10. The molecular formula is C16H14ClFO4. The lowest BCUT2D eigenvalue weighted by molar-refractivity contribution is -0.147. The Bertz CT molecular complexity index is 623. The Morgan fingerprint density at radius 2 is 1.82 bits per heavy atom. The second kappa shape index (κ2) is 7.66. The monoisotopic (exact) mass is 324 g/mol. The smallest absolute Gasteiger partial charge is 0.344 e. The van der Waals surface area contributed by atoms with Crippen molar-refractivity contribution in [2.24, 2.45) is 0 Å². The molecule has 0 saturated heterocycles. The topological polar surface area (TPSA) is 44.8 Å². The summed E-state index contributed by atoms with van der Waals surface area (Å²) in [7, 11) is 1.56. The van der Waals surface area contributed by atoms with Crippen LogP contribution in [0.3, 0.4) is 0 Å². The second-order valence-electron chi connectivity index (χ2n) is 4.33. The van der Waals surface area contributed by atoms with Crippen LogP contribution >= 0.6 is 11.6 Å². The highest BCUT2D eigenvalue weighted by atomic mass is 35.5. The number of methoxy groups -OCH3 is 1. The molecule has 0 aromatic heterocycles. The zero-order valence-electron chi connectivity index (χ0n) is 11.8. The fourth-order valence-corrected chi connectivity index (χ4v) is 1.90. The van der Waals surface area contributed by atoms with Crippen LogP contribution in [-0.4, -0.2) is 19.7 Å². The van der Waals surface area contributed by atoms with Crippen LogP contribution in [0.15, 0.2) is 42.5 Å². The number of benzene rings is 2. The number of ether oxygens (including phenoxy) is 3. The third kappa shape index (κ3) is 4.36. The summed E-state index contributed by atoms with van der Waals surface area (Å²) >= 11 is 5.84. The maximum atomic E-state index is 13.5. The molecule has 0 atom stereocenters. The Morgan fingerprint density at radius 1 is 1.14 bits per heavy atom. The van der Waals surface area contributed by atoms with Crippen molar-refractivity contribution in [3.8, 4) is 11.5 Å². The molecule has 0 bridgehead atoms. The number of hydrogen-bond donors (Lipinski definition) is 0. The minimum Gasteiger partial charge on any atom is -0.497 e. The molecule has 116 valence electrons. The minimum absolute atomic E-state index is 0.141. The van der Waals surface area contributed by atoms with Crippen LogP contribution in [0.2, 0.25) is 5.02 Å². The number of hydrogen-bond acceptors (Lipinski definition) is 4. The van der Waals surface area contributed by atoms with E-state index in [4.69, 9.17) is 25.8 Å². The molecule has 0 saturated carbocycles. The molecule has 0 heterocycles. The van der Waals surface area contributed by atoms with Crippen molar-refractivity contribution in [2.75, 3.05) is 13.7 Å². The molecule has 4 nitrogen and oxygen atoms in total. The molecule has 0 aliphatic carbocycles. The highest BCUT2D eigenvalue weighted by Crippen LogP contribution is 2.20. The molecule has 0 aliphatic heterocycles. The zero-order valence-corrected chi connectivity index (χ0v) is 12.6. The molecule has 0 N–H and O–H groups in total. The third-order valence-electron chi connectivity index (χ3n) is 2.86. The van der Waals surface area contributed by atoms with Gasteiger partial charge < -0.3 is 14.2 Å². The van der Waals surface area contributed by atoms with Gasteiger partial charge in [-0.25, -0.2) is 9.18 Å². The van der Waals surface area contributed by atoms with Gasteiger partial charge in [0.15, 0.2) is 6.61 Å². The van der Waals surface area contributed by atoms with E-state index in [0.29, 0.717) is 11.5 Å². The maximum absolute atomic E-state index is 13.5. The van der Waals surface area contributed by atoms with Gasteiger partial charge in [0, 0.05) is 5.56 Å². The Hall–Kier alpha value is -2.27. The van der Waals surface area contributed by atoms with Gasteiger partial charge in [0.1, 0.15) is 23.9 Å². The first-order valence-corrected chi connectivity index (χ1v) is 6.83. The Kier molecular flexibility index (Phi) is 5.61. The lowest BCUT2D eigenvalue weighted by Gasteiger charge is -2.09. The first-order chi connectivity index (χ1) is 10.6. The predicted octanol–water partition coefficient (Wildman–Crippen LogP) is 3.61. The van der Waals surface area contributed by atoms with Crippen molar-refractivity contribution in [1.29, 1.82) is 0 Å². The van der Waals surface area contributed by atoms with Gasteiger partial charge in [-0.2, -0.15) is 0 Å². The van der Waals surface area contributed by atoms with Gasteiger partial charge in [-0.1, -0.05) is 17.7 Å². The Labute approximate surface area is 132 Å². The molecule has 0 amide bonds. The molecule has 0 fully saturated rings. The largest absolute Gasteiger partial charge is 0.497 e. The van der Waals surface area contributed by atoms with E-state index in [0.717, 1.165) is 0 Å². The fraction of sp³-hybridized carbons (Fsp3) is 0.188. The maximum Gasteiger partial charge on any atom is 0.344 e.